The molecule has 0 aliphatic heterocycles. The first-order chi connectivity index (χ1) is 22.5. The van der Waals surface area contributed by atoms with Crippen molar-refractivity contribution in [2.75, 3.05) is 19.8 Å². The molecule has 0 amide bonds. The number of aliphatic hydroxyl groups is 1. The van der Waals surface area contributed by atoms with Gasteiger partial charge < -0.3 is 29.9 Å². The molecule has 14 nitrogen and oxygen atoms in total. The van der Waals surface area contributed by atoms with E-state index in [0.717, 1.165) is 0 Å². The third-order valence-electron chi connectivity index (χ3n) is 11.2. The number of rotatable bonds is 14. The number of esters is 3. The molecule has 3 fully saturated rings. The average molecular weight is 681 g/mol. The highest BCUT2D eigenvalue weighted by atomic mass is 19.1. The molecule has 0 spiro atoms. The van der Waals surface area contributed by atoms with Crippen LogP contribution < -0.4 is 5.73 Å². The third-order valence-corrected chi connectivity index (χ3v) is 11.2. The number of carbonyl (C=O) groups excluding carboxylic acids is 5. The van der Waals surface area contributed by atoms with E-state index in [4.69, 9.17) is 19.9 Å². The minimum Gasteiger partial charge on any atom is -0.465 e. The number of allylic oxidation sites excluding steroid dienone is 4. The molecular weight excluding hydrogens is 635 g/mol. The number of hydrogen-bond donors (Lipinski definition) is 2. The maximum absolute atomic E-state index is 17.6. The van der Waals surface area contributed by atoms with E-state index in [1.807, 2.05) is 0 Å². The molecule has 0 aromatic rings. The zero-order chi connectivity index (χ0) is 35.7. The fourth-order valence-corrected chi connectivity index (χ4v) is 8.85. The zero-order valence-corrected chi connectivity index (χ0v) is 27.7. The Hall–Kier alpha value is -3.72. The van der Waals surface area contributed by atoms with Gasteiger partial charge in [-0.2, -0.15) is 0 Å². The number of alkyl halides is 1. The van der Waals surface area contributed by atoms with E-state index in [1.165, 1.54) is 18.2 Å². The highest BCUT2D eigenvalue weighted by molar-refractivity contribution is 6.01. The van der Waals surface area contributed by atoms with Crippen LogP contribution in [0.15, 0.2) is 23.8 Å². The molecule has 0 bridgehead atoms. The number of ketones is 2. The molecule has 0 radical (unpaired) electrons. The first-order valence-corrected chi connectivity index (χ1v) is 16.4. The summed E-state index contributed by atoms with van der Waals surface area (Å²) < 4.78 is 33.8. The maximum Gasteiger partial charge on any atom is 0.323 e. The first kappa shape index (κ1) is 37.1. The van der Waals surface area contributed by atoms with E-state index in [1.54, 1.807) is 27.7 Å². The minimum absolute atomic E-state index is 0.0634. The second-order valence-corrected chi connectivity index (χ2v) is 13.8. The Bertz CT molecular complexity index is 1400. The van der Waals surface area contributed by atoms with Crippen LogP contribution in [0, 0.1) is 38.7 Å². The molecule has 0 heterocycles. The smallest absolute Gasteiger partial charge is 0.323 e. The predicted octanol–water partition coefficient (Wildman–Crippen LogP) is 2.66. The van der Waals surface area contributed by atoms with Gasteiger partial charge in [0.05, 0.1) is 25.7 Å². The summed E-state index contributed by atoms with van der Waals surface area (Å²) in [5, 5.41) is 20.9. The molecule has 1 unspecified atom stereocenters. The molecule has 4 aliphatic carbocycles. The van der Waals surface area contributed by atoms with Crippen LogP contribution >= 0.6 is 0 Å². The largest absolute Gasteiger partial charge is 0.465 e. The summed E-state index contributed by atoms with van der Waals surface area (Å²) in [5.74, 6) is -5.43. The van der Waals surface area contributed by atoms with E-state index in [0.29, 0.717) is 24.8 Å². The van der Waals surface area contributed by atoms with Crippen molar-refractivity contribution in [3.05, 3.63) is 33.9 Å². The van der Waals surface area contributed by atoms with E-state index in [-0.39, 0.29) is 44.7 Å². The average Bonchev–Trinajstić information content (AvgIpc) is 3.24. The van der Waals surface area contributed by atoms with E-state index < -0.39 is 93.8 Å². The van der Waals surface area contributed by atoms with Gasteiger partial charge in [-0.1, -0.05) is 32.4 Å². The van der Waals surface area contributed by atoms with Crippen molar-refractivity contribution in [3.63, 3.8) is 0 Å². The molecule has 0 aromatic carbocycles. The van der Waals surface area contributed by atoms with Gasteiger partial charge in [0.25, 0.3) is 5.09 Å². The fourth-order valence-electron chi connectivity index (χ4n) is 8.85. The van der Waals surface area contributed by atoms with Crippen molar-refractivity contribution in [3.8, 4) is 0 Å². The van der Waals surface area contributed by atoms with Crippen LogP contribution in [-0.2, 0) is 43.0 Å². The normalized spacial score (nSPS) is 35.6. The van der Waals surface area contributed by atoms with Gasteiger partial charge in [0.1, 0.15) is 6.04 Å². The van der Waals surface area contributed by atoms with Gasteiger partial charge in [-0.3, -0.25) is 24.0 Å². The highest BCUT2D eigenvalue weighted by Gasteiger charge is 2.77. The van der Waals surface area contributed by atoms with E-state index >= 15 is 4.39 Å². The maximum atomic E-state index is 17.6. The molecule has 0 aromatic heterocycles. The lowest BCUT2D eigenvalue weighted by atomic mass is 9.44. The Morgan fingerprint density at radius 1 is 1.15 bits per heavy atom. The molecule has 15 heteroatoms. The van der Waals surface area contributed by atoms with Crippen molar-refractivity contribution in [2.45, 2.75) is 102 Å². The molecule has 4 rings (SSSR count). The number of aliphatic hydroxyl groups excluding tert-OH is 1. The minimum atomic E-state index is -2.16. The second-order valence-electron chi connectivity index (χ2n) is 13.8. The van der Waals surface area contributed by atoms with Crippen LogP contribution in [-0.4, -0.2) is 82.9 Å². The van der Waals surface area contributed by atoms with Gasteiger partial charge in [-0.25, -0.2) is 4.39 Å². The standard InChI is InChI=1S/C33H45FN2O12/c1-5-27(40)48-33(26(39)18-46-28(41)16-24(35)29(42)45-12-6-7-13-47-36(43)44)19(2)14-23-22-9-8-20-15-21(37)10-11-30(20,3)32(22,34)25(38)17-31(23,33)4/h10-11,15,19,22-25,38H,5-9,12-14,16-18,35H2,1-4H3/t19-,22-,23-,24?,25-,30-,31-,32-,33-/m0/s1. The number of Topliss-reactive ketones (excluding diaryl/α,β-unsaturated/α-hetero) is 1. The van der Waals surface area contributed by atoms with Gasteiger partial charge in [0.15, 0.2) is 23.7 Å². The Labute approximate surface area is 277 Å². The summed E-state index contributed by atoms with van der Waals surface area (Å²) in [4.78, 5) is 78.5. The van der Waals surface area contributed by atoms with Gasteiger partial charge in [0.2, 0.25) is 5.78 Å². The number of halogens is 1. The van der Waals surface area contributed by atoms with Gasteiger partial charge >= 0.3 is 17.9 Å². The highest BCUT2D eigenvalue weighted by Crippen LogP contribution is 2.71. The van der Waals surface area contributed by atoms with Gasteiger partial charge in [-0.15, -0.1) is 10.1 Å². The van der Waals surface area contributed by atoms with E-state index in [2.05, 4.69) is 4.84 Å². The first-order valence-electron chi connectivity index (χ1n) is 16.4. The molecule has 0 saturated heterocycles. The van der Waals surface area contributed by atoms with Crippen LogP contribution in [0.25, 0.3) is 0 Å². The summed E-state index contributed by atoms with van der Waals surface area (Å²) in [6.07, 6.45) is 3.32. The van der Waals surface area contributed by atoms with Crippen LogP contribution in [0.3, 0.4) is 0 Å². The molecule has 266 valence electrons. The van der Waals surface area contributed by atoms with Gasteiger partial charge in [-0.05, 0) is 63.5 Å². The summed E-state index contributed by atoms with van der Waals surface area (Å²) in [5.41, 5.74) is -0.106. The van der Waals surface area contributed by atoms with Crippen molar-refractivity contribution in [1.29, 1.82) is 0 Å². The SMILES string of the molecule is CCC(=O)O[C@]1(C(=O)COC(=O)CC(N)C(=O)OCCCCO[N+](=O)[O-])[C@@H](C)C[C@H]2[C@@H]3CCC4=CC(=O)C=C[C@]4(C)[C@@]3(F)[C@@H](O)C[C@@]21C. The van der Waals surface area contributed by atoms with E-state index in [9.17, 15) is 39.2 Å². The van der Waals surface area contributed by atoms with Crippen LogP contribution in [0.4, 0.5) is 4.39 Å². The summed E-state index contributed by atoms with van der Waals surface area (Å²) in [7, 11) is 0. The number of carbonyl (C=O) groups is 5. The monoisotopic (exact) mass is 680 g/mol. The lowest BCUT2D eigenvalue weighted by Gasteiger charge is -2.62. The molecular formula is C33H45FN2O12. The fraction of sp³-hybridized carbons (Fsp3) is 0.727. The Balaban J connectivity index is 1.49. The molecule has 4 aliphatic rings. The van der Waals surface area contributed by atoms with Crippen LogP contribution in [0.1, 0.15) is 79.1 Å². The van der Waals surface area contributed by atoms with Gasteiger partial charge in [0, 0.05) is 29.1 Å². The Morgan fingerprint density at radius 3 is 2.50 bits per heavy atom. The van der Waals surface area contributed by atoms with Crippen molar-refractivity contribution >= 4 is 29.5 Å². The third kappa shape index (κ3) is 6.26. The lowest BCUT2D eigenvalue weighted by Crippen LogP contribution is -2.70. The van der Waals surface area contributed by atoms with Crippen LogP contribution in [0.2, 0.25) is 0 Å². The lowest BCUT2D eigenvalue weighted by molar-refractivity contribution is -0.757. The summed E-state index contributed by atoms with van der Waals surface area (Å²) in [6, 6.07) is -1.41. The molecule has 9 atom stereocenters. The summed E-state index contributed by atoms with van der Waals surface area (Å²) >= 11 is 0. The topological polar surface area (TPSA) is 212 Å². The predicted molar refractivity (Wildman–Crippen MR) is 164 cm³/mol. The molecule has 3 saturated carbocycles. The number of fused-ring (bicyclic) bond motifs is 5. The van der Waals surface area contributed by atoms with Crippen molar-refractivity contribution < 1.29 is 57.6 Å². The van der Waals surface area contributed by atoms with Crippen LogP contribution in [0.5, 0.6) is 0 Å². The number of hydrogen-bond acceptors (Lipinski definition) is 13. The number of unbranched alkanes of at least 4 members (excludes halogenated alkanes) is 1. The second kappa shape index (κ2) is 14.0. The number of nitrogens with zero attached hydrogens (tertiary/aromatic N) is 1. The number of nitrogens with two attached hydrogens (primary N) is 1. The Morgan fingerprint density at radius 2 is 1.83 bits per heavy atom. The van der Waals surface area contributed by atoms with Crippen molar-refractivity contribution in [2.24, 2.45) is 34.3 Å². The molecule has 48 heavy (non-hydrogen) atoms. The van der Waals surface area contributed by atoms with Crippen molar-refractivity contribution in [1.82, 2.24) is 0 Å². The zero-order valence-electron chi connectivity index (χ0n) is 27.7. The Kier molecular flexibility index (Phi) is 10.8. The summed E-state index contributed by atoms with van der Waals surface area (Å²) in [6.45, 7) is 5.59. The molecule has 3 N–H and O–H groups in total. The number of ether oxygens (including phenoxy) is 3. The quantitative estimate of drug-likeness (QED) is 0.0889.